The van der Waals surface area contributed by atoms with Crippen LogP contribution in [-0.4, -0.2) is 17.4 Å². The number of carbonyl (C=O) groups excluding carboxylic acids is 1. The van der Waals surface area contributed by atoms with Gasteiger partial charge in [-0.15, -0.1) is 0 Å². The Morgan fingerprint density at radius 3 is 2.80 bits per heavy atom. The van der Waals surface area contributed by atoms with E-state index < -0.39 is 0 Å². The molecule has 20 heavy (non-hydrogen) atoms. The number of nitrogen functional groups attached to an aromatic ring is 1. The predicted molar refractivity (Wildman–Crippen MR) is 79.6 cm³/mol. The normalized spacial score (nSPS) is 10.5. The lowest BCUT2D eigenvalue weighted by molar-refractivity contribution is 0.0742. The molecule has 2 N–H and O–H groups in total. The zero-order valence-electron chi connectivity index (χ0n) is 11.3. The zero-order chi connectivity index (χ0) is 14.5. The van der Waals surface area contributed by atoms with Gasteiger partial charge in [-0.05, 0) is 41.8 Å². The number of amides is 1. The van der Waals surface area contributed by atoms with Gasteiger partial charge in [0.1, 0.15) is 0 Å². The molecule has 4 nitrogen and oxygen atoms in total. The first-order valence-electron chi connectivity index (χ1n) is 6.48. The van der Waals surface area contributed by atoms with Crippen LogP contribution >= 0.6 is 11.6 Å². The van der Waals surface area contributed by atoms with Gasteiger partial charge in [-0.1, -0.05) is 19.1 Å². The molecule has 106 valence electrons. The lowest BCUT2D eigenvalue weighted by Crippen LogP contribution is -2.31. The summed E-state index contributed by atoms with van der Waals surface area (Å²) in [5, 5.41) is 0.128. The molecule has 0 radical (unpaired) electrons. The molecule has 0 aliphatic heterocycles. The Bertz CT molecular complexity index is 595. The molecule has 1 heterocycles. The Morgan fingerprint density at radius 2 is 2.20 bits per heavy atom. The van der Waals surface area contributed by atoms with Crippen LogP contribution in [0.4, 0.5) is 5.69 Å². The van der Waals surface area contributed by atoms with Crippen LogP contribution in [0, 0.1) is 0 Å². The van der Waals surface area contributed by atoms with Crippen LogP contribution < -0.4 is 5.73 Å². The number of anilines is 1. The summed E-state index contributed by atoms with van der Waals surface area (Å²) in [6.07, 6.45) is 2.28. The molecule has 0 aliphatic carbocycles. The molecule has 2 rings (SSSR count). The van der Waals surface area contributed by atoms with Gasteiger partial charge in [-0.2, -0.15) is 0 Å². The van der Waals surface area contributed by atoms with Crippen LogP contribution in [0.15, 0.2) is 41.0 Å². The van der Waals surface area contributed by atoms with Crippen LogP contribution in [0.2, 0.25) is 5.22 Å². The van der Waals surface area contributed by atoms with E-state index in [0.717, 1.165) is 12.0 Å². The summed E-state index contributed by atoms with van der Waals surface area (Å²) >= 11 is 5.87. The quantitative estimate of drug-likeness (QED) is 0.857. The van der Waals surface area contributed by atoms with Crippen molar-refractivity contribution in [2.24, 2.45) is 0 Å². The third-order valence-corrected chi connectivity index (χ3v) is 3.25. The highest BCUT2D eigenvalue weighted by molar-refractivity contribution is 6.32. The number of furan rings is 1. The summed E-state index contributed by atoms with van der Waals surface area (Å²) < 4.78 is 4.98. The molecular formula is C15H17ClN2O2. The van der Waals surface area contributed by atoms with Gasteiger partial charge in [0.05, 0.1) is 11.8 Å². The third kappa shape index (κ3) is 3.33. The summed E-state index contributed by atoms with van der Waals surface area (Å²) in [7, 11) is 0. The second kappa shape index (κ2) is 6.48. The van der Waals surface area contributed by atoms with Gasteiger partial charge >= 0.3 is 0 Å². The minimum atomic E-state index is -0.131. The van der Waals surface area contributed by atoms with Crippen LogP contribution in [0.5, 0.6) is 0 Å². The van der Waals surface area contributed by atoms with Crippen molar-refractivity contribution in [1.29, 1.82) is 0 Å². The van der Waals surface area contributed by atoms with Crippen molar-refractivity contribution in [3.63, 3.8) is 0 Å². The summed E-state index contributed by atoms with van der Waals surface area (Å²) in [6.45, 7) is 3.17. The molecule has 0 saturated carbocycles. The fourth-order valence-corrected chi connectivity index (χ4v) is 2.25. The van der Waals surface area contributed by atoms with Crippen molar-refractivity contribution in [2.45, 2.75) is 19.9 Å². The van der Waals surface area contributed by atoms with Crippen LogP contribution in [0.1, 0.15) is 29.3 Å². The Kier molecular flexibility index (Phi) is 4.69. The molecule has 5 heteroatoms. The van der Waals surface area contributed by atoms with Crippen molar-refractivity contribution in [3.05, 3.63) is 52.9 Å². The second-order valence-electron chi connectivity index (χ2n) is 4.58. The first-order chi connectivity index (χ1) is 9.61. The summed E-state index contributed by atoms with van der Waals surface area (Å²) in [6, 6.07) is 9.11. The van der Waals surface area contributed by atoms with Crippen molar-refractivity contribution < 1.29 is 9.21 Å². The van der Waals surface area contributed by atoms with E-state index in [1.807, 2.05) is 31.2 Å². The van der Waals surface area contributed by atoms with E-state index in [9.17, 15) is 4.79 Å². The first-order valence-corrected chi connectivity index (χ1v) is 6.86. The summed E-state index contributed by atoms with van der Waals surface area (Å²) in [5.74, 6) is -0.131. The van der Waals surface area contributed by atoms with Crippen LogP contribution in [-0.2, 0) is 6.54 Å². The topological polar surface area (TPSA) is 59.5 Å². The zero-order valence-corrected chi connectivity index (χ0v) is 12.1. The van der Waals surface area contributed by atoms with Gasteiger partial charge in [-0.25, -0.2) is 0 Å². The Labute approximate surface area is 123 Å². The Balaban J connectivity index is 2.19. The van der Waals surface area contributed by atoms with Crippen molar-refractivity contribution in [3.8, 4) is 0 Å². The standard InChI is InChI=1S/C15H17ClN2O2/c1-2-7-18(10-11-4-3-5-12(17)9-11)15(19)13-6-8-20-14(13)16/h3-6,8-9H,2,7,10,17H2,1H3. The van der Waals surface area contributed by atoms with Crippen molar-refractivity contribution in [2.75, 3.05) is 12.3 Å². The molecule has 0 atom stereocenters. The SMILES string of the molecule is CCCN(Cc1cccc(N)c1)C(=O)c1ccoc1Cl. The number of hydrogen-bond acceptors (Lipinski definition) is 3. The minimum Gasteiger partial charge on any atom is -0.452 e. The number of benzene rings is 1. The third-order valence-electron chi connectivity index (χ3n) is 2.95. The monoisotopic (exact) mass is 292 g/mol. The highest BCUT2D eigenvalue weighted by Crippen LogP contribution is 2.20. The van der Waals surface area contributed by atoms with Gasteiger partial charge in [0, 0.05) is 18.8 Å². The average Bonchev–Trinajstić information content (AvgIpc) is 2.84. The number of nitrogens with zero attached hydrogens (tertiary/aromatic N) is 1. The number of nitrogens with two attached hydrogens (primary N) is 1. The van der Waals surface area contributed by atoms with E-state index in [1.165, 1.54) is 6.26 Å². The maximum Gasteiger partial charge on any atom is 0.259 e. The number of hydrogen-bond donors (Lipinski definition) is 1. The Morgan fingerprint density at radius 1 is 1.40 bits per heavy atom. The van der Waals surface area contributed by atoms with E-state index in [0.29, 0.717) is 24.3 Å². The molecule has 0 aliphatic rings. The van der Waals surface area contributed by atoms with Gasteiger partial charge in [0.15, 0.2) is 0 Å². The minimum absolute atomic E-state index is 0.128. The average molecular weight is 293 g/mol. The predicted octanol–water partition coefficient (Wildman–Crippen LogP) is 3.57. The van der Waals surface area contributed by atoms with Crippen LogP contribution in [0.3, 0.4) is 0 Å². The number of carbonyl (C=O) groups is 1. The molecule has 2 aromatic rings. The molecule has 0 fully saturated rings. The molecular weight excluding hydrogens is 276 g/mol. The van der Waals surface area contributed by atoms with Crippen molar-refractivity contribution >= 4 is 23.2 Å². The van der Waals surface area contributed by atoms with Crippen molar-refractivity contribution in [1.82, 2.24) is 4.90 Å². The number of rotatable bonds is 5. The first kappa shape index (κ1) is 14.5. The van der Waals surface area contributed by atoms with E-state index >= 15 is 0 Å². The van der Waals surface area contributed by atoms with Gasteiger partial charge in [0.25, 0.3) is 5.91 Å². The molecule has 0 bridgehead atoms. The molecule has 0 unspecified atom stereocenters. The van der Waals surface area contributed by atoms with E-state index in [1.54, 1.807) is 11.0 Å². The lowest BCUT2D eigenvalue weighted by Gasteiger charge is -2.22. The molecule has 0 spiro atoms. The maximum absolute atomic E-state index is 12.5. The lowest BCUT2D eigenvalue weighted by atomic mass is 10.1. The van der Waals surface area contributed by atoms with Gasteiger partial charge in [0.2, 0.25) is 5.22 Å². The van der Waals surface area contributed by atoms with Crippen LogP contribution in [0.25, 0.3) is 0 Å². The largest absolute Gasteiger partial charge is 0.452 e. The molecule has 1 aromatic heterocycles. The molecule has 1 aromatic carbocycles. The Hall–Kier alpha value is -1.94. The smallest absolute Gasteiger partial charge is 0.259 e. The summed E-state index contributed by atoms with van der Waals surface area (Å²) in [4.78, 5) is 14.2. The van der Waals surface area contributed by atoms with E-state index in [2.05, 4.69) is 0 Å². The van der Waals surface area contributed by atoms with E-state index in [-0.39, 0.29) is 11.1 Å². The number of halogens is 1. The molecule has 0 saturated heterocycles. The van der Waals surface area contributed by atoms with E-state index in [4.69, 9.17) is 21.8 Å². The van der Waals surface area contributed by atoms with Gasteiger partial charge in [-0.3, -0.25) is 4.79 Å². The second-order valence-corrected chi connectivity index (χ2v) is 4.92. The maximum atomic E-state index is 12.5. The van der Waals surface area contributed by atoms with Gasteiger partial charge < -0.3 is 15.1 Å². The fourth-order valence-electron chi connectivity index (χ4n) is 2.05. The highest BCUT2D eigenvalue weighted by Gasteiger charge is 2.20. The fraction of sp³-hybridized carbons (Fsp3) is 0.267. The molecule has 1 amide bonds. The summed E-state index contributed by atoms with van der Waals surface area (Å²) in [5.41, 5.74) is 7.84. The highest BCUT2D eigenvalue weighted by atomic mass is 35.5.